The number of carbonyl (C=O) groups is 4. The summed E-state index contributed by atoms with van der Waals surface area (Å²) in [4.78, 5) is 62.0. The molecule has 11 nitrogen and oxygen atoms in total. The summed E-state index contributed by atoms with van der Waals surface area (Å²) in [6, 6.07) is 39.2. The van der Waals surface area contributed by atoms with Gasteiger partial charge in [0, 0.05) is 43.4 Å². The lowest BCUT2D eigenvalue weighted by Crippen LogP contribution is -2.41. The highest BCUT2D eigenvalue weighted by Gasteiger charge is 2.41. The first-order valence-electron chi connectivity index (χ1n) is 21.4. The van der Waals surface area contributed by atoms with Crippen LogP contribution in [-0.4, -0.2) is 36.6 Å². The lowest BCUT2D eigenvalue weighted by molar-refractivity contribution is 0.0877. The minimum absolute atomic E-state index is 0.00684. The fourth-order valence-electron chi connectivity index (χ4n) is 9.77. The largest absolute Gasteiger partial charge is 0.457 e. The van der Waals surface area contributed by atoms with Crippen LogP contribution < -0.4 is 19.3 Å². The number of benzene rings is 9. The molecule has 324 valence electrons. The fraction of sp³-hybridized carbons (Fsp3) is 0.111. The Labute approximate surface area is 378 Å². The molecule has 0 aliphatic carbocycles. The number of amides is 4. The summed E-state index contributed by atoms with van der Waals surface area (Å²) in [6.45, 7) is 7.98. The maximum absolute atomic E-state index is 15.1. The number of carbonyl (C=O) groups excluding carboxylic acids is 4. The molecule has 2 aliphatic heterocycles. The van der Waals surface area contributed by atoms with Crippen LogP contribution in [0, 0.1) is 0 Å². The third-order valence-electron chi connectivity index (χ3n) is 12.7. The van der Waals surface area contributed by atoms with Crippen LogP contribution in [0.25, 0.3) is 43.1 Å². The summed E-state index contributed by atoms with van der Waals surface area (Å²) < 4.78 is 47.2. The van der Waals surface area contributed by atoms with Crippen molar-refractivity contribution in [3.05, 3.63) is 173 Å². The Hall–Kier alpha value is -7.93. The SMILES string of the molecule is CC(C)c1ccccc1N1C(=O)c2ccc3c4c(Oc5ccc(S(=O)(=O)O)cc5)cc5c6c(ccc(c7c(Oc8ccccc8)cc(c2c37)C1=O)c64)C(=O)N(c1ccccc1C(C)C)C5=O. The molecule has 9 aromatic carbocycles. The summed E-state index contributed by atoms with van der Waals surface area (Å²) in [7, 11) is -4.53. The molecule has 0 spiro atoms. The number of imide groups is 2. The minimum atomic E-state index is -4.53. The number of nitrogens with zero attached hydrogens (tertiary/aromatic N) is 2. The zero-order valence-corrected chi connectivity index (χ0v) is 36.8. The Morgan fingerprint density at radius 3 is 1.26 bits per heavy atom. The Bertz CT molecular complexity index is 3710. The molecule has 0 radical (unpaired) electrons. The summed E-state index contributed by atoms with van der Waals surface area (Å²) in [5, 5.41) is 3.92. The zero-order chi connectivity index (χ0) is 45.9. The van der Waals surface area contributed by atoms with Crippen LogP contribution in [-0.2, 0) is 10.1 Å². The van der Waals surface area contributed by atoms with Gasteiger partial charge in [0.15, 0.2) is 0 Å². The van der Waals surface area contributed by atoms with E-state index in [0.717, 1.165) is 11.1 Å². The Morgan fingerprint density at radius 2 is 0.833 bits per heavy atom. The highest BCUT2D eigenvalue weighted by molar-refractivity contribution is 7.85. The smallest absolute Gasteiger partial charge is 0.294 e. The van der Waals surface area contributed by atoms with Crippen molar-refractivity contribution >= 4 is 88.2 Å². The molecular weight excluding hydrogens is 853 g/mol. The normalized spacial score (nSPS) is 14.0. The maximum atomic E-state index is 15.1. The molecule has 0 atom stereocenters. The predicted octanol–water partition coefficient (Wildman–Crippen LogP) is 12.4. The molecule has 0 saturated carbocycles. The predicted molar refractivity (Wildman–Crippen MR) is 254 cm³/mol. The third-order valence-corrected chi connectivity index (χ3v) is 13.6. The van der Waals surface area contributed by atoms with E-state index in [4.69, 9.17) is 9.47 Å². The van der Waals surface area contributed by atoms with Gasteiger partial charge < -0.3 is 9.47 Å². The Morgan fingerprint density at radius 1 is 0.439 bits per heavy atom. The first kappa shape index (κ1) is 40.8. The van der Waals surface area contributed by atoms with Crippen LogP contribution in [0.3, 0.4) is 0 Å². The van der Waals surface area contributed by atoms with Crippen molar-refractivity contribution < 1.29 is 41.6 Å². The van der Waals surface area contributed by atoms with Crippen LogP contribution in [0.2, 0.25) is 0 Å². The molecular formula is C54H38N2O9S. The van der Waals surface area contributed by atoms with E-state index in [1.54, 1.807) is 72.8 Å². The highest BCUT2D eigenvalue weighted by Crippen LogP contribution is 2.53. The van der Waals surface area contributed by atoms with Gasteiger partial charge in [-0.25, -0.2) is 9.80 Å². The summed E-state index contributed by atoms with van der Waals surface area (Å²) in [6.07, 6.45) is 0. The minimum Gasteiger partial charge on any atom is -0.457 e. The van der Waals surface area contributed by atoms with Crippen molar-refractivity contribution in [2.45, 2.75) is 44.4 Å². The average molecular weight is 891 g/mol. The van der Waals surface area contributed by atoms with Gasteiger partial charge in [-0.2, -0.15) is 8.42 Å². The maximum Gasteiger partial charge on any atom is 0.294 e. The molecule has 0 unspecified atom stereocenters. The molecule has 0 fully saturated rings. The van der Waals surface area contributed by atoms with Crippen molar-refractivity contribution in [3.63, 3.8) is 0 Å². The van der Waals surface area contributed by atoms with Gasteiger partial charge in [0.25, 0.3) is 33.7 Å². The number of para-hydroxylation sites is 3. The van der Waals surface area contributed by atoms with Gasteiger partial charge in [0.05, 0.1) is 27.4 Å². The van der Waals surface area contributed by atoms with E-state index in [0.29, 0.717) is 66.0 Å². The van der Waals surface area contributed by atoms with Gasteiger partial charge in [-0.15, -0.1) is 0 Å². The molecule has 9 aromatic rings. The number of rotatable bonds is 9. The van der Waals surface area contributed by atoms with Crippen molar-refractivity contribution in [2.75, 3.05) is 9.80 Å². The topological polar surface area (TPSA) is 148 Å². The second-order valence-electron chi connectivity index (χ2n) is 17.2. The molecule has 0 saturated heterocycles. The molecule has 66 heavy (non-hydrogen) atoms. The fourth-order valence-corrected chi connectivity index (χ4v) is 10.3. The monoisotopic (exact) mass is 890 g/mol. The Kier molecular flexibility index (Phi) is 9.16. The summed E-state index contributed by atoms with van der Waals surface area (Å²) >= 11 is 0. The third kappa shape index (κ3) is 6.02. The molecule has 12 heteroatoms. The van der Waals surface area contributed by atoms with Crippen molar-refractivity contribution in [3.8, 4) is 23.0 Å². The second-order valence-corrected chi connectivity index (χ2v) is 18.6. The van der Waals surface area contributed by atoms with Crippen LogP contribution in [0.4, 0.5) is 11.4 Å². The number of hydrogen-bond acceptors (Lipinski definition) is 8. The van der Waals surface area contributed by atoms with E-state index in [1.165, 1.54) is 34.1 Å². The quantitative estimate of drug-likeness (QED) is 0.0647. The van der Waals surface area contributed by atoms with Crippen molar-refractivity contribution in [1.29, 1.82) is 0 Å². The molecule has 11 rings (SSSR count). The number of ether oxygens (including phenoxy) is 2. The first-order chi connectivity index (χ1) is 31.7. The number of fused-ring (bicyclic) bond motifs is 2. The van der Waals surface area contributed by atoms with E-state index < -0.39 is 33.7 Å². The molecule has 0 aromatic heterocycles. The van der Waals surface area contributed by atoms with E-state index in [1.807, 2.05) is 70.2 Å². The van der Waals surface area contributed by atoms with Gasteiger partial charge in [0.1, 0.15) is 23.0 Å². The highest BCUT2D eigenvalue weighted by atomic mass is 32.2. The van der Waals surface area contributed by atoms with E-state index in [9.17, 15) is 22.6 Å². The first-order valence-corrected chi connectivity index (χ1v) is 22.9. The lowest BCUT2D eigenvalue weighted by Gasteiger charge is -2.32. The van der Waals surface area contributed by atoms with E-state index in [2.05, 4.69) is 0 Å². The van der Waals surface area contributed by atoms with Gasteiger partial charge in [-0.1, -0.05) is 94.4 Å². The van der Waals surface area contributed by atoms with Crippen LogP contribution in [0.1, 0.15) is 92.1 Å². The molecule has 2 heterocycles. The van der Waals surface area contributed by atoms with Crippen LogP contribution in [0.15, 0.2) is 144 Å². The van der Waals surface area contributed by atoms with Gasteiger partial charge in [-0.05, 0) is 107 Å². The van der Waals surface area contributed by atoms with Crippen molar-refractivity contribution in [1.82, 2.24) is 0 Å². The zero-order valence-electron chi connectivity index (χ0n) is 35.9. The lowest BCUT2D eigenvalue weighted by atomic mass is 9.81. The van der Waals surface area contributed by atoms with Crippen LogP contribution >= 0.6 is 0 Å². The van der Waals surface area contributed by atoms with E-state index in [-0.39, 0.29) is 50.5 Å². The van der Waals surface area contributed by atoms with Crippen LogP contribution in [0.5, 0.6) is 23.0 Å². The molecule has 4 amide bonds. The summed E-state index contributed by atoms with van der Waals surface area (Å²) in [5.74, 6) is -1.02. The molecule has 2 aliphatic rings. The average Bonchev–Trinajstić information content (AvgIpc) is 3.30. The second kappa shape index (κ2) is 14.8. The Balaban J connectivity index is 1.26. The van der Waals surface area contributed by atoms with Gasteiger partial charge in [0.2, 0.25) is 0 Å². The molecule has 0 bridgehead atoms. The van der Waals surface area contributed by atoms with E-state index >= 15 is 9.59 Å². The van der Waals surface area contributed by atoms with Gasteiger partial charge >= 0.3 is 0 Å². The van der Waals surface area contributed by atoms with Crippen molar-refractivity contribution in [2.24, 2.45) is 0 Å². The molecule has 1 N–H and O–H groups in total. The standard InChI is InChI=1S/C54H38N2O9S/c1-28(2)33-14-8-10-16-41(33)55-51(57)37-25-23-36-48-44(65-31-18-20-32(21-19-31)66(61,62)63)27-40-46-38(52(58)56(54(40)60)42-17-11-9-15-34(42)29(3)4)24-22-35(50(46)48)47-43(64-30-12-6-5-7-13-30)26-39(53(55)59)45(37)49(36)47/h5-29H,1-4H3,(H,61,62,63). The number of anilines is 2. The summed E-state index contributed by atoms with van der Waals surface area (Å²) in [5.41, 5.74) is 3.53. The number of hydrogen-bond donors (Lipinski definition) is 1. The van der Waals surface area contributed by atoms with Gasteiger partial charge in [-0.3, -0.25) is 23.7 Å².